The van der Waals surface area contributed by atoms with E-state index in [9.17, 15) is 0 Å². The van der Waals surface area contributed by atoms with Crippen LogP contribution < -0.4 is 19.9 Å². The van der Waals surface area contributed by atoms with Gasteiger partial charge in [-0.25, -0.2) is 0 Å². The highest BCUT2D eigenvalue weighted by Gasteiger charge is 2.05. The van der Waals surface area contributed by atoms with E-state index >= 15 is 0 Å². The number of hydrogen-bond acceptors (Lipinski definition) is 4. The highest BCUT2D eigenvalue weighted by molar-refractivity contribution is 9.10. The van der Waals surface area contributed by atoms with Crippen molar-refractivity contribution in [2.45, 2.75) is 6.54 Å². The molecule has 0 aromatic heterocycles. The molecule has 0 aliphatic rings. The van der Waals surface area contributed by atoms with Crippen molar-refractivity contribution in [1.29, 1.82) is 0 Å². The van der Waals surface area contributed by atoms with E-state index in [0.29, 0.717) is 31.3 Å². The molecule has 4 nitrogen and oxygen atoms in total. The Morgan fingerprint density at radius 1 is 1.00 bits per heavy atom. The van der Waals surface area contributed by atoms with Gasteiger partial charge in [0.1, 0.15) is 19.0 Å². The van der Waals surface area contributed by atoms with Crippen molar-refractivity contribution in [3.05, 3.63) is 52.5 Å². The molecule has 0 amide bonds. The van der Waals surface area contributed by atoms with Crippen LogP contribution >= 0.6 is 15.9 Å². The maximum absolute atomic E-state index is 5.68. The minimum atomic E-state index is 0.435. The number of benzene rings is 2. The second kappa shape index (κ2) is 7.90. The molecule has 2 aromatic carbocycles. The quantitative estimate of drug-likeness (QED) is 0.777. The molecule has 0 saturated heterocycles. The third-order valence-corrected chi connectivity index (χ3v) is 3.36. The fraction of sp³-hybridized carbons (Fsp3) is 0.250. The number of ether oxygens (including phenoxy) is 3. The minimum Gasteiger partial charge on any atom is -0.493 e. The number of nitrogens with two attached hydrogens (primary N) is 1. The minimum absolute atomic E-state index is 0.435. The van der Waals surface area contributed by atoms with Gasteiger partial charge in [0.2, 0.25) is 0 Å². The maximum atomic E-state index is 5.68. The van der Waals surface area contributed by atoms with Crippen molar-refractivity contribution >= 4 is 15.9 Å². The van der Waals surface area contributed by atoms with Gasteiger partial charge in [0, 0.05) is 11.0 Å². The third kappa shape index (κ3) is 4.65. The maximum Gasteiger partial charge on any atom is 0.161 e. The Balaban J connectivity index is 1.86. The van der Waals surface area contributed by atoms with Crippen LogP contribution in [0.5, 0.6) is 17.2 Å². The summed E-state index contributed by atoms with van der Waals surface area (Å²) >= 11 is 3.40. The number of hydrogen-bond donors (Lipinski definition) is 1. The monoisotopic (exact) mass is 351 g/mol. The van der Waals surface area contributed by atoms with Gasteiger partial charge in [-0.2, -0.15) is 0 Å². The van der Waals surface area contributed by atoms with Gasteiger partial charge in [0.15, 0.2) is 11.5 Å². The average Bonchev–Trinajstić information content (AvgIpc) is 2.51. The summed E-state index contributed by atoms with van der Waals surface area (Å²) in [6, 6.07) is 13.4. The van der Waals surface area contributed by atoms with Gasteiger partial charge in [-0.3, -0.25) is 0 Å². The Morgan fingerprint density at radius 3 is 2.52 bits per heavy atom. The summed E-state index contributed by atoms with van der Waals surface area (Å²) in [5.41, 5.74) is 6.61. The van der Waals surface area contributed by atoms with Gasteiger partial charge in [0.25, 0.3) is 0 Å². The van der Waals surface area contributed by atoms with Crippen molar-refractivity contribution in [2.24, 2.45) is 5.73 Å². The zero-order chi connectivity index (χ0) is 15.1. The Bertz CT molecular complexity index is 589. The summed E-state index contributed by atoms with van der Waals surface area (Å²) in [6.45, 7) is 1.37. The van der Waals surface area contributed by atoms with Crippen molar-refractivity contribution in [1.82, 2.24) is 0 Å². The number of halogens is 1. The molecular formula is C16H18BrNO3. The molecule has 5 heteroatoms. The zero-order valence-corrected chi connectivity index (χ0v) is 13.4. The van der Waals surface area contributed by atoms with Crippen LogP contribution in [0, 0.1) is 0 Å². The molecule has 0 aliphatic carbocycles. The predicted octanol–water partition coefficient (Wildman–Crippen LogP) is 3.37. The first-order valence-electron chi connectivity index (χ1n) is 6.61. The highest BCUT2D eigenvalue weighted by Crippen LogP contribution is 2.28. The smallest absolute Gasteiger partial charge is 0.161 e. The van der Waals surface area contributed by atoms with Crippen LogP contribution in [0.4, 0.5) is 0 Å². The molecule has 0 spiro atoms. The summed E-state index contributed by atoms with van der Waals surface area (Å²) in [5.74, 6) is 2.17. The molecule has 0 unspecified atom stereocenters. The molecule has 0 radical (unpaired) electrons. The van der Waals surface area contributed by atoms with Crippen molar-refractivity contribution in [2.75, 3.05) is 20.3 Å². The van der Waals surface area contributed by atoms with Crippen molar-refractivity contribution in [3.63, 3.8) is 0 Å². The normalized spacial score (nSPS) is 10.2. The van der Waals surface area contributed by atoms with Crippen LogP contribution in [-0.4, -0.2) is 20.3 Å². The fourth-order valence-corrected chi connectivity index (χ4v) is 2.20. The van der Waals surface area contributed by atoms with E-state index in [4.69, 9.17) is 19.9 Å². The lowest BCUT2D eigenvalue weighted by Crippen LogP contribution is -2.09. The van der Waals surface area contributed by atoms with E-state index in [0.717, 1.165) is 15.8 Å². The van der Waals surface area contributed by atoms with Crippen LogP contribution in [0.25, 0.3) is 0 Å². The Morgan fingerprint density at radius 2 is 1.81 bits per heavy atom. The van der Waals surface area contributed by atoms with Crippen LogP contribution in [-0.2, 0) is 6.54 Å². The van der Waals surface area contributed by atoms with E-state index in [1.807, 2.05) is 42.5 Å². The molecule has 0 bridgehead atoms. The van der Waals surface area contributed by atoms with E-state index in [1.54, 1.807) is 7.11 Å². The Kier molecular flexibility index (Phi) is 5.90. The second-order valence-electron chi connectivity index (χ2n) is 4.34. The molecule has 21 heavy (non-hydrogen) atoms. The average molecular weight is 352 g/mol. The zero-order valence-electron chi connectivity index (χ0n) is 11.8. The van der Waals surface area contributed by atoms with E-state index in [1.165, 1.54) is 0 Å². The third-order valence-electron chi connectivity index (χ3n) is 2.87. The topological polar surface area (TPSA) is 53.7 Å². The summed E-state index contributed by atoms with van der Waals surface area (Å²) in [6.07, 6.45) is 0. The van der Waals surface area contributed by atoms with Gasteiger partial charge in [-0.15, -0.1) is 0 Å². The van der Waals surface area contributed by atoms with E-state index < -0.39 is 0 Å². The fourth-order valence-electron chi connectivity index (χ4n) is 1.83. The highest BCUT2D eigenvalue weighted by atomic mass is 79.9. The molecule has 2 rings (SSSR count). The molecule has 0 heterocycles. The predicted molar refractivity (Wildman–Crippen MR) is 86.0 cm³/mol. The lowest BCUT2D eigenvalue weighted by Gasteiger charge is -2.12. The number of methoxy groups -OCH3 is 1. The Hall–Kier alpha value is -1.72. The molecular weight excluding hydrogens is 334 g/mol. The standard InChI is InChI=1S/C16H18BrNO3/c1-19-16-9-12(11-18)5-6-15(16)21-8-7-20-14-4-2-3-13(17)10-14/h2-6,9-10H,7-8,11,18H2,1H3. The molecule has 2 N–H and O–H groups in total. The van der Waals surface area contributed by atoms with Gasteiger partial charge in [-0.05, 0) is 35.9 Å². The summed E-state index contributed by atoms with van der Waals surface area (Å²) < 4.78 is 17.6. The van der Waals surface area contributed by atoms with Crippen LogP contribution in [0.3, 0.4) is 0 Å². The van der Waals surface area contributed by atoms with Gasteiger partial charge < -0.3 is 19.9 Å². The molecule has 0 fully saturated rings. The molecule has 2 aromatic rings. The van der Waals surface area contributed by atoms with Crippen molar-refractivity contribution < 1.29 is 14.2 Å². The molecule has 0 atom stereocenters. The van der Waals surface area contributed by atoms with Gasteiger partial charge >= 0.3 is 0 Å². The van der Waals surface area contributed by atoms with Crippen LogP contribution in [0.1, 0.15) is 5.56 Å². The summed E-state index contributed by atoms with van der Waals surface area (Å²) in [5, 5.41) is 0. The van der Waals surface area contributed by atoms with E-state index in [2.05, 4.69) is 15.9 Å². The second-order valence-corrected chi connectivity index (χ2v) is 5.26. The number of rotatable bonds is 7. The summed E-state index contributed by atoms with van der Waals surface area (Å²) in [4.78, 5) is 0. The molecule has 112 valence electrons. The van der Waals surface area contributed by atoms with Crippen molar-refractivity contribution in [3.8, 4) is 17.2 Å². The van der Waals surface area contributed by atoms with Crippen LogP contribution in [0.2, 0.25) is 0 Å². The SMILES string of the molecule is COc1cc(CN)ccc1OCCOc1cccc(Br)c1. The van der Waals surface area contributed by atoms with Gasteiger partial charge in [-0.1, -0.05) is 28.1 Å². The lowest BCUT2D eigenvalue weighted by molar-refractivity contribution is 0.211. The largest absolute Gasteiger partial charge is 0.493 e. The van der Waals surface area contributed by atoms with E-state index in [-0.39, 0.29) is 0 Å². The Labute approximate surface area is 132 Å². The molecule has 0 aliphatic heterocycles. The summed E-state index contributed by atoms with van der Waals surface area (Å²) in [7, 11) is 1.61. The first kappa shape index (κ1) is 15.7. The van der Waals surface area contributed by atoms with Gasteiger partial charge in [0.05, 0.1) is 7.11 Å². The first-order valence-corrected chi connectivity index (χ1v) is 7.40. The lowest BCUT2D eigenvalue weighted by atomic mass is 10.2. The first-order chi connectivity index (χ1) is 10.2. The molecule has 0 saturated carbocycles. The van der Waals surface area contributed by atoms with Crippen LogP contribution in [0.15, 0.2) is 46.9 Å².